The largest absolute Gasteiger partial charge is 0.106 e. The molecule has 0 aliphatic rings. The molecule has 0 aromatic heterocycles. The fraction of sp³-hybridized carbons (Fsp3) is 0.273. The van der Waals surface area contributed by atoms with Crippen molar-refractivity contribution in [3.05, 3.63) is 0 Å². The van der Waals surface area contributed by atoms with E-state index in [2.05, 4.69) is 82.9 Å². The number of hydrogen-bond acceptors (Lipinski definition) is 0. The molecule has 22 heavy (non-hydrogen) atoms. The van der Waals surface area contributed by atoms with E-state index in [0.29, 0.717) is 0 Å². The van der Waals surface area contributed by atoms with Gasteiger partial charge in [-0.25, -0.2) is 0 Å². The van der Waals surface area contributed by atoms with Crippen molar-refractivity contribution in [3.8, 4) is 95.7 Å². The number of terminal acetylenes is 2. The van der Waals surface area contributed by atoms with Crippen LogP contribution in [0.15, 0.2) is 0 Å². The highest BCUT2D eigenvalue weighted by Crippen LogP contribution is 1.55. The van der Waals surface area contributed by atoms with E-state index in [4.69, 9.17) is 12.8 Å². The van der Waals surface area contributed by atoms with Gasteiger partial charge in [-0.2, -0.15) is 0 Å². The maximum atomic E-state index is 4.70. The Morgan fingerprint density at radius 3 is 0.818 bits per heavy atom. The van der Waals surface area contributed by atoms with Crippen LogP contribution in [-0.4, -0.2) is 0 Å². The standard InChI is InChI=1S/C12H6.C6H2.4CH4/c1-3-5-7-9-11-12-10-8-6-4-2;1-3-5-6-4-2;;;;/h1-2H3;1-2H;4*1H4. The first-order valence-electron chi connectivity index (χ1n) is 4.58. The summed E-state index contributed by atoms with van der Waals surface area (Å²) in [5.74, 6) is 34.2. The Morgan fingerprint density at radius 2 is 0.636 bits per heavy atom. The predicted molar refractivity (Wildman–Crippen MR) is 103 cm³/mol. The SMILES string of the molecule is C.C.C.C.C#CC#CC#C.CC#CC#CC#CC#CC#CC. The lowest BCUT2D eigenvalue weighted by Crippen LogP contribution is -1.53. The zero-order valence-corrected chi connectivity index (χ0v) is 10.2. The van der Waals surface area contributed by atoms with Gasteiger partial charge in [-0.1, -0.05) is 41.5 Å². The summed E-state index contributed by atoms with van der Waals surface area (Å²) in [7, 11) is 0. The molecule has 112 valence electrons. The maximum absolute atomic E-state index is 4.70. The quantitative estimate of drug-likeness (QED) is 0.594. The second-order valence-electron chi connectivity index (χ2n) is 2.04. The third-order valence-electron chi connectivity index (χ3n) is 0.894. The van der Waals surface area contributed by atoms with E-state index in [1.165, 1.54) is 0 Å². The lowest BCUT2D eigenvalue weighted by atomic mass is 10.5. The third-order valence-corrected chi connectivity index (χ3v) is 0.894. The Morgan fingerprint density at radius 1 is 0.409 bits per heavy atom. The number of hydrogen-bond donors (Lipinski definition) is 0. The summed E-state index contributed by atoms with van der Waals surface area (Å²) in [6, 6.07) is 0. The molecule has 0 heteroatoms. The van der Waals surface area contributed by atoms with Crippen molar-refractivity contribution in [1.29, 1.82) is 0 Å². The first-order valence-corrected chi connectivity index (χ1v) is 4.58. The van der Waals surface area contributed by atoms with Gasteiger partial charge in [-0.15, -0.1) is 12.8 Å². The highest BCUT2D eigenvalue weighted by Gasteiger charge is 1.54. The monoisotopic (exact) mass is 288 g/mol. The van der Waals surface area contributed by atoms with Gasteiger partial charge < -0.3 is 0 Å². The third kappa shape index (κ3) is 54.9. The number of rotatable bonds is 0. The van der Waals surface area contributed by atoms with E-state index in [9.17, 15) is 0 Å². The van der Waals surface area contributed by atoms with Gasteiger partial charge in [0.2, 0.25) is 0 Å². The van der Waals surface area contributed by atoms with E-state index < -0.39 is 0 Å². The molecule has 0 bridgehead atoms. The molecule has 0 unspecified atom stereocenters. The van der Waals surface area contributed by atoms with Crippen LogP contribution in [0.3, 0.4) is 0 Å². The Kier molecular flexibility index (Phi) is 71.2. The topological polar surface area (TPSA) is 0 Å². The molecule has 0 aliphatic heterocycles. The molecule has 0 fully saturated rings. The molecule has 0 aromatic carbocycles. The zero-order chi connectivity index (χ0) is 13.9. The van der Waals surface area contributed by atoms with Crippen LogP contribution in [0.4, 0.5) is 0 Å². The van der Waals surface area contributed by atoms with Gasteiger partial charge in [0.1, 0.15) is 0 Å². The summed E-state index contributed by atoms with van der Waals surface area (Å²) in [6.45, 7) is 3.44. The lowest BCUT2D eigenvalue weighted by Gasteiger charge is -1.54. The van der Waals surface area contributed by atoms with E-state index in [1.54, 1.807) is 13.8 Å². The molecular formula is C22H24. The highest BCUT2D eigenvalue weighted by molar-refractivity contribution is 5.42. The Balaban J connectivity index is -0.0000000565. The van der Waals surface area contributed by atoms with Crippen LogP contribution in [-0.2, 0) is 0 Å². The van der Waals surface area contributed by atoms with Gasteiger partial charge in [0.25, 0.3) is 0 Å². The Labute approximate surface area is 139 Å². The van der Waals surface area contributed by atoms with Crippen LogP contribution in [0.25, 0.3) is 0 Å². The van der Waals surface area contributed by atoms with E-state index in [-0.39, 0.29) is 29.7 Å². The van der Waals surface area contributed by atoms with Crippen molar-refractivity contribution >= 4 is 0 Å². The fourth-order valence-corrected chi connectivity index (χ4v) is 0.385. The summed E-state index contributed by atoms with van der Waals surface area (Å²) >= 11 is 0. The van der Waals surface area contributed by atoms with Crippen molar-refractivity contribution in [2.75, 3.05) is 0 Å². The van der Waals surface area contributed by atoms with Crippen molar-refractivity contribution in [2.24, 2.45) is 0 Å². The van der Waals surface area contributed by atoms with Gasteiger partial charge in [0.05, 0.1) is 0 Å². The Hall–Kier alpha value is -3.52. The minimum Gasteiger partial charge on any atom is -0.106 e. The molecule has 0 nitrogen and oxygen atoms in total. The molecule has 0 saturated heterocycles. The fourth-order valence-electron chi connectivity index (χ4n) is 0.385. The van der Waals surface area contributed by atoms with Crippen LogP contribution in [0.1, 0.15) is 43.6 Å². The molecule has 0 aromatic rings. The van der Waals surface area contributed by atoms with Crippen molar-refractivity contribution < 1.29 is 0 Å². The van der Waals surface area contributed by atoms with Crippen molar-refractivity contribution in [2.45, 2.75) is 43.6 Å². The van der Waals surface area contributed by atoms with E-state index >= 15 is 0 Å². The van der Waals surface area contributed by atoms with Gasteiger partial charge in [0.15, 0.2) is 0 Å². The molecule has 0 amide bonds. The summed E-state index contributed by atoms with van der Waals surface area (Å²) in [6.07, 6.45) is 9.39. The summed E-state index contributed by atoms with van der Waals surface area (Å²) in [5.41, 5.74) is 0. The highest BCUT2D eigenvalue weighted by atomic mass is 13.6. The molecule has 0 N–H and O–H groups in total. The van der Waals surface area contributed by atoms with Gasteiger partial charge in [-0.05, 0) is 84.9 Å². The summed E-state index contributed by atoms with van der Waals surface area (Å²) in [5, 5.41) is 0. The molecule has 0 spiro atoms. The van der Waals surface area contributed by atoms with Crippen LogP contribution in [0.2, 0.25) is 0 Å². The first-order chi connectivity index (χ1) is 8.83. The maximum Gasteiger partial charge on any atom is -0.000000533 e. The van der Waals surface area contributed by atoms with Crippen LogP contribution in [0.5, 0.6) is 0 Å². The normalized spacial score (nSPS) is 2.91. The molecule has 0 radical (unpaired) electrons. The minimum absolute atomic E-state index is 0. The average Bonchev–Trinajstić information content (AvgIpc) is 2.40. The van der Waals surface area contributed by atoms with Crippen molar-refractivity contribution in [1.82, 2.24) is 0 Å². The minimum atomic E-state index is 0. The molecule has 0 atom stereocenters. The molecule has 0 rings (SSSR count). The smallest absolute Gasteiger partial charge is 0.000000533 e. The summed E-state index contributed by atoms with van der Waals surface area (Å²) in [4.78, 5) is 0. The molecule has 0 aliphatic carbocycles. The second kappa shape index (κ2) is 43.2. The zero-order valence-electron chi connectivity index (χ0n) is 10.2. The van der Waals surface area contributed by atoms with Gasteiger partial charge >= 0.3 is 0 Å². The lowest BCUT2D eigenvalue weighted by molar-refractivity contribution is 1.92. The first kappa shape index (κ1) is 36.3. The predicted octanol–water partition coefficient (Wildman–Crippen LogP) is 3.84. The molecule has 0 heterocycles. The van der Waals surface area contributed by atoms with Gasteiger partial charge in [0, 0.05) is 0 Å². The van der Waals surface area contributed by atoms with E-state index in [1.807, 2.05) is 0 Å². The summed E-state index contributed by atoms with van der Waals surface area (Å²) < 4.78 is 0. The van der Waals surface area contributed by atoms with Gasteiger partial charge in [-0.3, -0.25) is 0 Å². The van der Waals surface area contributed by atoms with Crippen LogP contribution in [0, 0.1) is 95.7 Å². The van der Waals surface area contributed by atoms with Crippen molar-refractivity contribution in [3.63, 3.8) is 0 Å². The molecular weight excluding hydrogens is 264 g/mol. The van der Waals surface area contributed by atoms with E-state index in [0.717, 1.165) is 0 Å². The second-order valence-corrected chi connectivity index (χ2v) is 2.04. The Bertz CT molecular complexity index is 633. The van der Waals surface area contributed by atoms with Crippen LogP contribution >= 0.6 is 0 Å². The average molecular weight is 288 g/mol. The molecule has 0 saturated carbocycles. The van der Waals surface area contributed by atoms with Crippen LogP contribution < -0.4 is 0 Å².